The summed E-state index contributed by atoms with van der Waals surface area (Å²) in [5, 5.41) is 8.61. The molecule has 0 unspecified atom stereocenters. The zero-order valence-corrected chi connectivity index (χ0v) is 8.89. The van der Waals surface area contributed by atoms with Crippen LogP contribution in [0.3, 0.4) is 0 Å². The van der Waals surface area contributed by atoms with E-state index in [1.165, 1.54) is 4.90 Å². The lowest BCUT2D eigenvalue weighted by atomic mass is 10.2. The molecule has 1 aliphatic heterocycles. The third kappa shape index (κ3) is 1.87. The molecule has 1 N–H and O–H groups in total. The first-order chi connectivity index (χ1) is 7.59. The normalized spacial score (nSPS) is 22.2. The van der Waals surface area contributed by atoms with Crippen LogP contribution in [-0.2, 0) is 9.59 Å². The van der Waals surface area contributed by atoms with Gasteiger partial charge in [0.1, 0.15) is 13.1 Å². The highest BCUT2D eigenvalue weighted by molar-refractivity contribution is 6.03. The maximum atomic E-state index is 11.8. The number of urea groups is 1. The second-order valence-corrected chi connectivity index (χ2v) is 4.23. The summed E-state index contributed by atoms with van der Waals surface area (Å²) < 4.78 is 0. The number of imide groups is 1. The Labute approximate surface area is 92.8 Å². The van der Waals surface area contributed by atoms with Crippen LogP contribution in [0.1, 0.15) is 25.7 Å². The topological polar surface area (TPSA) is 77.9 Å². The maximum Gasteiger partial charge on any atom is 0.328 e. The van der Waals surface area contributed by atoms with E-state index in [0.717, 1.165) is 30.6 Å². The third-order valence-corrected chi connectivity index (χ3v) is 3.09. The van der Waals surface area contributed by atoms with Gasteiger partial charge in [-0.05, 0) is 12.8 Å². The molecule has 2 rings (SSSR count). The number of aliphatic carboxylic acids is 1. The SMILES string of the molecule is O=C(O)CN1CC(=O)N(C2CCCC2)C1=O. The molecule has 1 saturated heterocycles. The Bertz CT molecular complexity index is 336. The van der Waals surface area contributed by atoms with Crippen LogP contribution >= 0.6 is 0 Å². The van der Waals surface area contributed by atoms with Crippen LogP contribution < -0.4 is 0 Å². The summed E-state index contributed by atoms with van der Waals surface area (Å²) in [5.41, 5.74) is 0. The zero-order valence-electron chi connectivity index (χ0n) is 8.89. The van der Waals surface area contributed by atoms with Crippen LogP contribution in [0.2, 0.25) is 0 Å². The molecule has 0 aromatic rings. The van der Waals surface area contributed by atoms with Crippen LogP contribution in [-0.4, -0.2) is 51.9 Å². The summed E-state index contributed by atoms with van der Waals surface area (Å²) in [6.07, 6.45) is 3.75. The van der Waals surface area contributed by atoms with E-state index in [2.05, 4.69) is 0 Å². The maximum absolute atomic E-state index is 11.8. The Kier molecular flexibility index (Phi) is 2.80. The molecule has 0 atom stereocenters. The molecule has 2 aliphatic rings. The van der Waals surface area contributed by atoms with Gasteiger partial charge in [0.15, 0.2) is 0 Å². The summed E-state index contributed by atoms with van der Waals surface area (Å²) >= 11 is 0. The van der Waals surface area contributed by atoms with Crippen LogP contribution in [0.5, 0.6) is 0 Å². The number of amides is 3. The highest BCUT2D eigenvalue weighted by atomic mass is 16.4. The van der Waals surface area contributed by atoms with Gasteiger partial charge in [-0.2, -0.15) is 0 Å². The Morgan fingerprint density at radius 2 is 1.94 bits per heavy atom. The first-order valence-corrected chi connectivity index (χ1v) is 5.42. The standard InChI is InChI=1S/C10H14N2O4/c13-8-5-11(6-9(14)15)10(16)12(8)7-3-1-2-4-7/h7H,1-6H2,(H,14,15). The molecule has 1 aliphatic carbocycles. The van der Waals surface area contributed by atoms with E-state index < -0.39 is 18.5 Å². The predicted octanol–water partition coefficient (Wildman–Crippen LogP) is 0.278. The molecule has 1 saturated carbocycles. The number of carboxylic acids is 1. The minimum Gasteiger partial charge on any atom is -0.480 e. The van der Waals surface area contributed by atoms with Gasteiger partial charge in [-0.25, -0.2) is 4.79 Å². The Morgan fingerprint density at radius 3 is 2.50 bits per heavy atom. The van der Waals surface area contributed by atoms with Crippen LogP contribution in [0.25, 0.3) is 0 Å². The van der Waals surface area contributed by atoms with E-state index in [9.17, 15) is 14.4 Å². The molecule has 88 valence electrons. The summed E-state index contributed by atoms with van der Waals surface area (Å²) in [6.45, 7) is -0.491. The molecule has 6 nitrogen and oxygen atoms in total. The van der Waals surface area contributed by atoms with Crippen molar-refractivity contribution >= 4 is 17.9 Å². The molecule has 0 spiro atoms. The van der Waals surface area contributed by atoms with Gasteiger partial charge >= 0.3 is 12.0 Å². The number of rotatable bonds is 3. The van der Waals surface area contributed by atoms with Crippen LogP contribution in [0.4, 0.5) is 4.79 Å². The minimum absolute atomic E-state index is 0.0150. The Morgan fingerprint density at radius 1 is 1.31 bits per heavy atom. The number of nitrogens with zero attached hydrogens (tertiary/aromatic N) is 2. The van der Waals surface area contributed by atoms with Gasteiger partial charge in [-0.3, -0.25) is 14.5 Å². The number of carbonyl (C=O) groups excluding carboxylic acids is 2. The van der Waals surface area contributed by atoms with Crippen molar-refractivity contribution in [3.63, 3.8) is 0 Å². The van der Waals surface area contributed by atoms with E-state index in [1.54, 1.807) is 0 Å². The fourth-order valence-corrected chi connectivity index (χ4v) is 2.38. The van der Waals surface area contributed by atoms with Crippen molar-refractivity contribution in [1.82, 2.24) is 9.80 Å². The first kappa shape index (κ1) is 10.9. The lowest BCUT2D eigenvalue weighted by Crippen LogP contribution is -2.40. The van der Waals surface area contributed by atoms with E-state index in [0.29, 0.717) is 0 Å². The van der Waals surface area contributed by atoms with E-state index in [-0.39, 0.29) is 18.5 Å². The first-order valence-electron chi connectivity index (χ1n) is 5.42. The molecule has 16 heavy (non-hydrogen) atoms. The highest BCUT2D eigenvalue weighted by Gasteiger charge is 2.41. The van der Waals surface area contributed by atoms with Gasteiger partial charge in [-0.1, -0.05) is 12.8 Å². The monoisotopic (exact) mass is 226 g/mol. The lowest BCUT2D eigenvalue weighted by Gasteiger charge is -2.21. The van der Waals surface area contributed by atoms with Crippen LogP contribution in [0.15, 0.2) is 0 Å². The molecular formula is C10H14N2O4. The zero-order chi connectivity index (χ0) is 11.7. The molecule has 3 amide bonds. The molecule has 0 bridgehead atoms. The second kappa shape index (κ2) is 4.11. The number of hydrogen-bond donors (Lipinski definition) is 1. The lowest BCUT2D eigenvalue weighted by molar-refractivity contribution is -0.137. The third-order valence-electron chi connectivity index (χ3n) is 3.09. The van der Waals surface area contributed by atoms with Gasteiger partial charge < -0.3 is 10.0 Å². The van der Waals surface area contributed by atoms with Crippen LogP contribution in [0, 0.1) is 0 Å². The summed E-state index contributed by atoms with van der Waals surface area (Å²) in [4.78, 5) is 36.3. The molecule has 1 heterocycles. The Hall–Kier alpha value is -1.59. The predicted molar refractivity (Wildman–Crippen MR) is 53.7 cm³/mol. The molecule has 0 radical (unpaired) electrons. The van der Waals surface area contributed by atoms with Crippen molar-refractivity contribution in [3.05, 3.63) is 0 Å². The smallest absolute Gasteiger partial charge is 0.328 e. The van der Waals surface area contributed by atoms with Crippen molar-refractivity contribution in [1.29, 1.82) is 0 Å². The van der Waals surface area contributed by atoms with Gasteiger partial charge in [0, 0.05) is 6.04 Å². The minimum atomic E-state index is -1.09. The van der Waals surface area contributed by atoms with Gasteiger partial charge in [0.05, 0.1) is 0 Å². The van der Waals surface area contributed by atoms with Crippen molar-refractivity contribution in [2.24, 2.45) is 0 Å². The molecular weight excluding hydrogens is 212 g/mol. The summed E-state index contributed by atoms with van der Waals surface area (Å²) in [6, 6.07) is -0.460. The van der Waals surface area contributed by atoms with Crippen molar-refractivity contribution in [2.75, 3.05) is 13.1 Å². The van der Waals surface area contributed by atoms with Gasteiger partial charge in [-0.15, -0.1) is 0 Å². The van der Waals surface area contributed by atoms with Gasteiger partial charge in [0.2, 0.25) is 0 Å². The molecule has 0 aromatic carbocycles. The average Bonchev–Trinajstić information content (AvgIpc) is 2.76. The number of carbonyl (C=O) groups is 3. The highest BCUT2D eigenvalue weighted by Crippen LogP contribution is 2.26. The molecule has 2 fully saturated rings. The average molecular weight is 226 g/mol. The number of carboxylic acid groups (broad SMARTS) is 1. The molecule has 6 heteroatoms. The Balaban J connectivity index is 2.06. The number of hydrogen-bond acceptors (Lipinski definition) is 3. The largest absolute Gasteiger partial charge is 0.480 e. The quantitative estimate of drug-likeness (QED) is 0.701. The van der Waals surface area contributed by atoms with E-state index in [1.807, 2.05) is 0 Å². The van der Waals surface area contributed by atoms with E-state index >= 15 is 0 Å². The van der Waals surface area contributed by atoms with Crippen molar-refractivity contribution in [2.45, 2.75) is 31.7 Å². The summed E-state index contributed by atoms with van der Waals surface area (Å²) in [5.74, 6) is -1.35. The fourth-order valence-electron chi connectivity index (χ4n) is 2.38. The van der Waals surface area contributed by atoms with Gasteiger partial charge in [0.25, 0.3) is 5.91 Å². The molecule has 0 aromatic heterocycles. The second-order valence-electron chi connectivity index (χ2n) is 4.23. The fraction of sp³-hybridized carbons (Fsp3) is 0.700. The van der Waals surface area contributed by atoms with Crippen molar-refractivity contribution < 1.29 is 19.5 Å². The van der Waals surface area contributed by atoms with E-state index in [4.69, 9.17) is 5.11 Å². The van der Waals surface area contributed by atoms with Crippen molar-refractivity contribution in [3.8, 4) is 0 Å². The summed E-state index contributed by atoms with van der Waals surface area (Å²) in [7, 11) is 0.